The molecule has 0 aliphatic carbocycles. The third-order valence-corrected chi connectivity index (χ3v) is 7.43. The summed E-state index contributed by atoms with van der Waals surface area (Å²) in [4.78, 5) is 43.4. The third-order valence-electron chi connectivity index (χ3n) is 6.19. The van der Waals surface area contributed by atoms with Crippen LogP contribution < -0.4 is 14.9 Å². The van der Waals surface area contributed by atoms with E-state index in [0.29, 0.717) is 48.3 Å². The molecule has 1 atom stereocenters. The molecular weight excluding hydrogens is 540 g/mol. The molecule has 0 amide bonds. The van der Waals surface area contributed by atoms with Crippen LogP contribution in [0.5, 0.6) is 0 Å². The van der Waals surface area contributed by atoms with Crippen LogP contribution in [0.4, 0.5) is 0 Å². The number of ether oxygens (including phenoxy) is 2. The molecule has 198 valence electrons. The number of furan rings is 1. The van der Waals surface area contributed by atoms with Gasteiger partial charge in [-0.05, 0) is 55.8 Å². The van der Waals surface area contributed by atoms with Crippen molar-refractivity contribution in [3.8, 4) is 11.3 Å². The lowest BCUT2D eigenvalue weighted by Gasteiger charge is -2.24. The van der Waals surface area contributed by atoms with E-state index in [2.05, 4.69) is 4.99 Å². The molecule has 0 fully saturated rings. The number of esters is 2. The average Bonchev–Trinajstić information content (AvgIpc) is 3.52. The number of hydrogen-bond acceptors (Lipinski definition) is 8. The topological polar surface area (TPSA) is 100 Å². The maximum absolute atomic E-state index is 13.7. The van der Waals surface area contributed by atoms with E-state index in [1.54, 1.807) is 80.6 Å². The van der Waals surface area contributed by atoms with E-state index >= 15 is 0 Å². The molecule has 0 spiro atoms. The number of rotatable bonds is 6. The van der Waals surface area contributed by atoms with Crippen LogP contribution in [0.3, 0.4) is 0 Å². The largest absolute Gasteiger partial charge is 0.465 e. The standard InChI is InChI=1S/C29H23ClN2O6S/c1-4-37-28(35)24-16(2)31-29-32(25(24)18-9-11-20(30)12-10-18)26(33)23(39-29)15-21-13-14-22(38-21)17-5-7-19(8-6-17)27(34)36-3/h5-15,25H,4H2,1-3H3/b23-15+/t25-/m0/s1. The van der Waals surface area contributed by atoms with Crippen LogP contribution in [0.1, 0.15) is 41.6 Å². The monoisotopic (exact) mass is 562 g/mol. The Morgan fingerprint density at radius 3 is 2.46 bits per heavy atom. The number of allylic oxidation sites excluding steroid dienone is 1. The fraction of sp³-hybridized carbons (Fsp3) is 0.172. The Bertz CT molecular complexity index is 1780. The van der Waals surface area contributed by atoms with Gasteiger partial charge in [-0.15, -0.1) is 0 Å². The molecule has 5 rings (SSSR count). The van der Waals surface area contributed by atoms with Crippen molar-refractivity contribution in [1.29, 1.82) is 0 Å². The van der Waals surface area contributed by atoms with Crippen molar-refractivity contribution >= 4 is 41.0 Å². The van der Waals surface area contributed by atoms with Gasteiger partial charge in [0, 0.05) is 16.7 Å². The van der Waals surface area contributed by atoms with Crippen LogP contribution in [0.25, 0.3) is 17.4 Å². The lowest BCUT2D eigenvalue weighted by Crippen LogP contribution is -2.39. The number of carbonyl (C=O) groups excluding carboxylic acids is 2. The number of benzene rings is 2. The summed E-state index contributed by atoms with van der Waals surface area (Å²) < 4.78 is 17.9. The van der Waals surface area contributed by atoms with E-state index in [1.165, 1.54) is 23.0 Å². The number of halogens is 1. The van der Waals surface area contributed by atoms with Crippen molar-refractivity contribution in [2.75, 3.05) is 13.7 Å². The molecule has 3 heterocycles. The van der Waals surface area contributed by atoms with Crippen LogP contribution in [-0.4, -0.2) is 30.2 Å². The van der Waals surface area contributed by atoms with Gasteiger partial charge >= 0.3 is 11.9 Å². The molecule has 0 saturated carbocycles. The predicted octanol–water partition coefficient (Wildman–Crippen LogP) is 4.50. The maximum atomic E-state index is 13.7. The lowest BCUT2D eigenvalue weighted by atomic mass is 9.96. The van der Waals surface area contributed by atoms with Gasteiger partial charge in [0.1, 0.15) is 11.5 Å². The van der Waals surface area contributed by atoms with Gasteiger partial charge in [0.25, 0.3) is 5.56 Å². The minimum absolute atomic E-state index is 0.194. The summed E-state index contributed by atoms with van der Waals surface area (Å²) in [6, 6.07) is 16.6. The second-order valence-corrected chi connectivity index (χ2v) is 10.1. The van der Waals surface area contributed by atoms with Gasteiger partial charge in [0.2, 0.25) is 0 Å². The Morgan fingerprint density at radius 1 is 1.08 bits per heavy atom. The summed E-state index contributed by atoms with van der Waals surface area (Å²) >= 11 is 7.31. The Labute approximate surface area is 232 Å². The maximum Gasteiger partial charge on any atom is 0.338 e. The Morgan fingerprint density at radius 2 is 1.79 bits per heavy atom. The number of fused-ring (bicyclic) bond motifs is 1. The normalized spacial score (nSPS) is 15.1. The van der Waals surface area contributed by atoms with Crippen molar-refractivity contribution in [1.82, 2.24) is 4.57 Å². The Balaban J connectivity index is 1.57. The average molecular weight is 563 g/mol. The highest BCUT2D eigenvalue weighted by molar-refractivity contribution is 7.07. The molecule has 1 aliphatic heterocycles. The van der Waals surface area contributed by atoms with Crippen molar-refractivity contribution < 1.29 is 23.5 Å². The zero-order valence-electron chi connectivity index (χ0n) is 21.3. The number of thiazole rings is 1. The van der Waals surface area contributed by atoms with Crippen molar-refractivity contribution in [2.45, 2.75) is 19.9 Å². The molecule has 4 aromatic rings. The molecule has 1 aliphatic rings. The number of nitrogens with zero attached hydrogens (tertiary/aromatic N) is 2. The first-order chi connectivity index (χ1) is 18.8. The summed E-state index contributed by atoms with van der Waals surface area (Å²) in [5.41, 5.74) is 2.38. The van der Waals surface area contributed by atoms with Gasteiger partial charge in [0.05, 0.1) is 41.1 Å². The molecule has 0 radical (unpaired) electrons. The smallest absolute Gasteiger partial charge is 0.338 e. The van der Waals surface area contributed by atoms with Crippen molar-refractivity contribution in [2.24, 2.45) is 4.99 Å². The van der Waals surface area contributed by atoms with Crippen LogP contribution in [-0.2, 0) is 14.3 Å². The zero-order chi connectivity index (χ0) is 27.7. The third kappa shape index (κ3) is 5.10. The first-order valence-electron chi connectivity index (χ1n) is 12.0. The predicted molar refractivity (Wildman–Crippen MR) is 147 cm³/mol. The summed E-state index contributed by atoms with van der Waals surface area (Å²) in [6.45, 7) is 3.65. The summed E-state index contributed by atoms with van der Waals surface area (Å²) in [7, 11) is 1.33. The van der Waals surface area contributed by atoms with E-state index in [-0.39, 0.29) is 12.2 Å². The highest BCUT2D eigenvalue weighted by Crippen LogP contribution is 2.31. The molecule has 2 aromatic heterocycles. The minimum Gasteiger partial charge on any atom is -0.465 e. The van der Waals surface area contributed by atoms with Gasteiger partial charge in [-0.2, -0.15) is 0 Å². The van der Waals surface area contributed by atoms with Gasteiger partial charge in [0.15, 0.2) is 4.80 Å². The summed E-state index contributed by atoms with van der Waals surface area (Å²) in [5, 5.41) is 0.540. The highest BCUT2D eigenvalue weighted by Gasteiger charge is 2.33. The fourth-order valence-corrected chi connectivity index (χ4v) is 5.51. The van der Waals surface area contributed by atoms with Crippen molar-refractivity contribution in [3.05, 3.63) is 114 Å². The van der Waals surface area contributed by atoms with Crippen LogP contribution in [0.2, 0.25) is 5.02 Å². The lowest BCUT2D eigenvalue weighted by molar-refractivity contribution is -0.139. The van der Waals surface area contributed by atoms with Gasteiger partial charge in [-0.25, -0.2) is 14.6 Å². The molecule has 2 aromatic carbocycles. The fourth-order valence-electron chi connectivity index (χ4n) is 4.36. The SMILES string of the molecule is CCOC(=O)C1=C(C)N=c2s/c(=C/c3ccc(-c4ccc(C(=O)OC)cc4)o3)c(=O)n2[C@H]1c1ccc(Cl)cc1. The molecule has 0 N–H and O–H groups in total. The van der Waals surface area contributed by atoms with Gasteiger partial charge < -0.3 is 13.9 Å². The van der Waals surface area contributed by atoms with E-state index in [9.17, 15) is 14.4 Å². The zero-order valence-corrected chi connectivity index (χ0v) is 22.8. The van der Waals surface area contributed by atoms with E-state index in [4.69, 9.17) is 25.5 Å². The molecule has 39 heavy (non-hydrogen) atoms. The number of hydrogen-bond donors (Lipinski definition) is 0. The van der Waals surface area contributed by atoms with E-state index < -0.39 is 18.0 Å². The number of carbonyl (C=O) groups is 2. The van der Waals surface area contributed by atoms with Crippen molar-refractivity contribution in [3.63, 3.8) is 0 Å². The van der Waals surface area contributed by atoms with E-state index in [1.807, 2.05) is 0 Å². The van der Waals surface area contributed by atoms with E-state index in [0.717, 1.165) is 5.56 Å². The quantitative estimate of drug-likeness (QED) is 0.321. The Hall–Kier alpha value is -4.21. The molecule has 10 heteroatoms. The molecule has 0 bridgehead atoms. The molecule has 8 nitrogen and oxygen atoms in total. The first kappa shape index (κ1) is 26.4. The van der Waals surface area contributed by atoms with Crippen LogP contribution in [0, 0.1) is 0 Å². The van der Waals surface area contributed by atoms with Gasteiger partial charge in [-0.3, -0.25) is 9.36 Å². The second-order valence-electron chi connectivity index (χ2n) is 8.62. The summed E-state index contributed by atoms with van der Waals surface area (Å²) in [5.74, 6) is 0.0961. The van der Waals surface area contributed by atoms with Gasteiger partial charge in [-0.1, -0.05) is 47.2 Å². The highest BCUT2D eigenvalue weighted by atomic mass is 35.5. The van der Waals surface area contributed by atoms with Crippen LogP contribution in [0.15, 0.2) is 86.1 Å². The molecular formula is C29H23ClN2O6S. The number of methoxy groups -OCH3 is 1. The second kappa shape index (κ2) is 10.9. The number of aromatic nitrogens is 1. The Kier molecular flexibility index (Phi) is 7.36. The minimum atomic E-state index is -0.722. The first-order valence-corrected chi connectivity index (χ1v) is 13.2. The van der Waals surface area contributed by atoms with Crippen LogP contribution >= 0.6 is 22.9 Å². The summed E-state index contributed by atoms with van der Waals surface area (Å²) in [6.07, 6.45) is 1.65. The molecule has 0 saturated heterocycles. The molecule has 0 unspecified atom stereocenters.